The zero-order valence-corrected chi connectivity index (χ0v) is 5.60. The van der Waals surface area contributed by atoms with Gasteiger partial charge in [-0.3, -0.25) is 4.79 Å². The minimum Gasteiger partial charge on any atom is -0.299 e. The molecule has 0 aliphatic carbocycles. The van der Waals surface area contributed by atoms with E-state index in [0.29, 0.717) is 0 Å². The molecule has 0 saturated carbocycles. The maximum Gasteiger partial charge on any atom is 0.248 e. The van der Waals surface area contributed by atoms with Gasteiger partial charge in [-0.1, -0.05) is 0 Å². The van der Waals surface area contributed by atoms with Crippen molar-refractivity contribution in [3.05, 3.63) is 0 Å². The highest BCUT2D eigenvalue weighted by Gasteiger charge is 2.10. The Hall–Kier alpha value is -0.890. The molecular weight excluding hydrogens is 142 g/mol. The van der Waals surface area contributed by atoms with Gasteiger partial charge in [0.05, 0.1) is 0 Å². The summed E-state index contributed by atoms with van der Waals surface area (Å²) in [4.78, 5) is 10.1. The Balaban J connectivity index is 4.29. The Bertz CT molecular complexity index is 245. The van der Waals surface area contributed by atoms with Gasteiger partial charge in [-0.15, -0.1) is 0 Å². The first kappa shape index (κ1) is 8.11. The quantitative estimate of drug-likeness (QED) is 0.388. The SMILES string of the molecule is CC(=O)CS(=O)(=O)C#N. The van der Waals surface area contributed by atoms with Crippen molar-refractivity contribution in [2.45, 2.75) is 6.92 Å². The van der Waals surface area contributed by atoms with E-state index in [9.17, 15) is 13.2 Å². The smallest absolute Gasteiger partial charge is 0.248 e. The molecule has 0 aliphatic heterocycles. The highest BCUT2D eigenvalue weighted by Crippen LogP contribution is 1.85. The number of carbonyl (C=O) groups is 1. The summed E-state index contributed by atoms with van der Waals surface area (Å²) in [7, 11) is -3.76. The van der Waals surface area contributed by atoms with E-state index in [4.69, 9.17) is 5.26 Å². The van der Waals surface area contributed by atoms with Gasteiger partial charge in [0.1, 0.15) is 11.5 Å². The lowest BCUT2D eigenvalue weighted by Gasteiger charge is -1.84. The molecule has 0 aliphatic rings. The molecule has 0 amide bonds. The predicted octanol–water partition coefficient (Wildman–Crippen LogP) is -0.529. The third kappa shape index (κ3) is 3.67. The van der Waals surface area contributed by atoms with Crippen molar-refractivity contribution in [2.75, 3.05) is 5.75 Å². The summed E-state index contributed by atoms with van der Waals surface area (Å²) in [5.41, 5.74) is 0. The van der Waals surface area contributed by atoms with Crippen LogP contribution in [0.4, 0.5) is 0 Å². The van der Waals surface area contributed by atoms with E-state index in [-0.39, 0.29) is 0 Å². The Morgan fingerprint density at radius 2 is 2.11 bits per heavy atom. The summed E-state index contributed by atoms with van der Waals surface area (Å²) in [5.74, 6) is -1.19. The van der Waals surface area contributed by atoms with Crippen molar-refractivity contribution in [1.82, 2.24) is 0 Å². The van der Waals surface area contributed by atoms with Crippen LogP contribution in [0.3, 0.4) is 0 Å². The Morgan fingerprint density at radius 1 is 1.67 bits per heavy atom. The number of Topliss-reactive ketones (excluding diaryl/α,β-unsaturated/α-hetero) is 1. The summed E-state index contributed by atoms with van der Waals surface area (Å²) in [5, 5.41) is 8.88. The standard InChI is InChI=1S/C4H5NO3S/c1-4(6)2-9(7,8)3-5/h2H2,1H3. The third-order valence-corrected chi connectivity index (χ3v) is 1.60. The van der Waals surface area contributed by atoms with E-state index in [1.54, 1.807) is 0 Å². The minimum absolute atomic E-state index is 0.517. The van der Waals surface area contributed by atoms with Crippen LogP contribution in [0.5, 0.6) is 0 Å². The van der Waals surface area contributed by atoms with Crippen molar-refractivity contribution in [3.63, 3.8) is 0 Å². The van der Waals surface area contributed by atoms with Crippen molar-refractivity contribution in [2.24, 2.45) is 0 Å². The molecule has 5 heteroatoms. The van der Waals surface area contributed by atoms with Gasteiger partial charge in [-0.25, -0.2) is 8.42 Å². The molecule has 0 aromatic heterocycles. The first-order valence-electron chi connectivity index (χ1n) is 2.11. The zero-order valence-electron chi connectivity index (χ0n) is 4.79. The van der Waals surface area contributed by atoms with Crippen molar-refractivity contribution >= 4 is 15.6 Å². The largest absolute Gasteiger partial charge is 0.299 e. The average molecular weight is 147 g/mol. The molecule has 0 spiro atoms. The minimum atomic E-state index is -3.76. The van der Waals surface area contributed by atoms with Gasteiger partial charge in [0, 0.05) is 0 Å². The molecular formula is C4H5NO3S. The number of nitriles is 1. The first-order valence-corrected chi connectivity index (χ1v) is 3.76. The molecule has 4 nitrogen and oxygen atoms in total. The Kier molecular flexibility index (Phi) is 2.34. The number of rotatable bonds is 2. The normalized spacial score (nSPS) is 10.2. The van der Waals surface area contributed by atoms with Gasteiger partial charge in [0.25, 0.3) is 0 Å². The van der Waals surface area contributed by atoms with Crippen LogP contribution in [0.25, 0.3) is 0 Å². The van der Waals surface area contributed by atoms with Crippen LogP contribution in [-0.4, -0.2) is 20.0 Å². The molecule has 0 saturated heterocycles. The van der Waals surface area contributed by atoms with Crippen LogP contribution in [0.15, 0.2) is 0 Å². The Morgan fingerprint density at radius 3 is 2.22 bits per heavy atom. The van der Waals surface area contributed by atoms with E-state index in [1.807, 2.05) is 0 Å². The molecule has 0 atom stereocenters. The lowest BCUT2D eigenvalue weighted by Crippen LogP contribution is -2.09. The Labute approximate surface area is 53.0 Å². The monoisotopic (exact) mass is 147 g/mol. The van der Waals surface area contributed by atoms with E-state index < -0.39 is 21.4 Å². The molecule has 0 heterocycles. The fourth-order valence-electron chi connectivity index (χ4n) is 0.300. The number of thiocyanates is 1. The maximum atomic E-state index is 10.2. The fourth-order valence-corrected chi connectivity index (χ4v) is 0.900. The molecule has 9 heavy (non-hydrogen) atoms. The summed E-state index contributed by atoms with van der Waals surface area (Å²) >= 11 is 0. The molecule has 0 unspecified atom stereocenters. The molecule has 0 aromatic carbocycles. The maximum absolute atomic E-state index is 10.2. The lowest BCUT2D eigenvalue weighted by molar-refractivity contribution is -0.114. The zero-order chi connectivity index (χ0) is 7.49. The van der Waals surface area contributed by atoms with Crippen LogP contribution in [0, 0.1) is 10.7 Å². The van der Waals surface area contributed by atoms with Crippen LogP contribution in [0.1, 0.15) is 6.92 Å². The summed E-state index contributed by atoms with van der Waals surface area (Å²) in [6.45, 7) is 1.12. The van der Waals surface area contributed by atoms with Crippen molar-refractivity contribution in [3.8, 4) is 5.40 Å². The number of nitrogens with zero attached hydrogens (tertiary/aromatic N) is 1. The number of ketones is 1. The van der Waals surface area contributed by atoms with Gasteiger partial charge >= 0.3 is 0 Å². The fraction of sp³-hybridized carbons (Fsp3) is 0.500. The molecule has 0 rings (SSSR count). The highest BCUT2D eigenvalue weighted by molar-refractivity contribution is 7.96. The number of hydrogen-bond acceptors (Lipinski definition) is 4. The summed E-state index contributed by atoms with van der Waals surface area (Å²) < 4.78 is 20.5. The number of sulfone groups is 1. The predicted molar refractivity (Wildman–Crippen MR) is 30.1 cm³/mol. The first-order chi connectivity index (χ1) is 3.98. The molecule has 0 aromatic rings. The number of carbonyl (C=O) groups excluding carboxylic acids is 1. The van der Waals surface area contributed by atoms with Gasteiger partial charge in [0.15, 0.2) is 5.40 Å². The average Bonchev–Trinajstić information content (AvgIpc) is 1.63. The second-order valence-corrected chi connectivity index (χ2v) is 3.25. The van der Waals surface area contributed by atoms with Crippen LogP contribution in [0.2, 0.25) is 0 Å². The number of hydrogen-bond donors (Lipinski definition) is 0. The molecule has 0 bridgehead atoms. The van der Waals surface area contributed by atoms with Crippen LogP contribution < -0.4 is 0 Å². The topological polar surface area (TPSA) is 75.0 Å². The van der Waals surface area contributed by atoms with Gasteiger partial charge in [0.2, 0.25) is 9.84 Å². The van der Waals surface area contributed by atoms with E-state index in [0.717, 1.165) is 12.3 Å². The lowest BCUT2D eigenvalue weighted by atomic mass is 10.5. The van der Waals surface area contributed by atoms with Gasteiger partial charge < -0.3 is 0 Å². The third-order valence-electron chi connectivity index (χ3n) is 0.532. The van der Waals surface area contributed by atoms with Crippen LogP contribution in [-0.2, 0) is 14.6 Å². The van der Waals surface area contributed by atoms with Crippen molar-refractivity contribution < 1.29 is 13.2 Å². The summed E-state index contributed by atoms with van der Waals surface area (Å²) in [6.07, 6.45) is 0. The molecule has 0 radical (unpaired) electrons. The van der Waals surface area contributed by atoms with Crippen molar-refractivity contribution in [1.29, 1.82) is 5.26 Å². The highest BCUT2D eigenvalue weighted by atomic mass is 32.2. The van der Waals surface area contributed by atoms with Gasteiger partial charge in [-0.2, -0.15) is 5.26 Å². The van der Waals surface area contributed by atoms with E-state index in [2.05, 4.69) is 0 Å². The second-order valence-electron chi connectivity index (χ2n) is 1.55. The van der Waals surface area contributed by atoms with Crippen LogP contribution >= 0.6 is 0 Å². The second kappa shape index (κ2) is 2.60. The molecule has 0 N–H and O–H groups in total. The van der Waals surface area contributed by atoms with E-state index >= 15 is 0 Å². The summed E-state index contributed by atoms with van der Waals surface area (Å²) in [6, 6.07) is 0. The molecule has 50 valence electrons. The molecule has 0 fully saturated rings. The van der Waals surface area contributed by atoms with E-state index in [1.165, 1.54) is 0 Å². The van der Waals surface area contributed by atoms with Gasteiger partial charge in [-0.05, 0) is 6.92 Å².